The van der Waals surface area contributed by atoms with Crippen molar-refractivity contribution < 1.29 is 21.4 Å². The van der Waals surface area contributed by atoms with Gasteiger partial charge in [0.05, 0.1) is 0 Å². The molecule has 0 aromatic rings. The van der Waals surface area contributed by atoms with Crippen LogP contribution in [0, 0.1) is 0 Å². The van der Waals surface area contributed by atoms with Crippen LogP contribution in [0.4, 0.5) is 4.20 Å². The Morgan fingerprint density at radius 2 is 1.57 bits per heavy atom. The largest absolute Gasteiger partial charge is 2.00 e. The summed E-state index contributed by atoms with van der Waals surface area (Å²) in [7, 11) is -5.14. The van der Waals surface area contributed by atoms with Gasteiger partial charge in [0.2, 0.25) is 0 Å². The third-order valence-corrected chi connectivity index (χ3v) is 0. The van der Waals surface area contributed by atoms with E-state index in [4.69, 9.17) is 14.4 Å². The molecule has 0 saturated carbocycles. The van der Waals surface area contributed by atoms with Crippen molar-refractivity contribution in [3.63, 3.8) is 0 Å². The topological polar surface area (TPSA) is 57.5 Å². The van der Waals surface area contributed by atoms with Crippen molar-refractivity contribution in [3.05, 3.63) is 0 Å². The van der Waals surface area contributed by atoms with Crippen molar-refractivity contribution in [3.8, 4) is 0 Å². The first-order valence-electron chi connectivity index (χ1n) is 0.752. The first-order chi connectivity index (χ1) is 2.00. The summed E-state index contributed by atoms with van der Waals surface area (Å²) in [5, 5.41) is 0. The van der Waals surface area contributed by atoms with Gasteiger partial charge in [0.15, 0.2) is 17.4 Å². The second-order valence-corrected chi connectivity index (χ2v) is 1.42. The van der Waals surface area contributed by atoms with Gasteiger partial charge in [0, 0.05) is 0 Å². The van der Waals surface area contributed by atoms with Crippen LogP contribution in [0.5, 0.6) is 0 Å². The van der Waals surface area contributed by atoms with Gasteiger partial charge in [-0.25, -0.2) is 4.57 Å². The molecule has 0 heterocycles. The molecular weight excluding hydrogens is 149 g/mol. The van der Waals surface area contributed by atoms with E-state index in [1.165, 1.54) is 0 Å². The fraction of sp³-hybridized carbons (Fsp3) is 0. The average Bonchev–Trinajstić information content (AvgIpc) is 0.722. The first-order valence-corrected chi connectivity index (χ1v) is 2.25. The Bertz CT molecular complexity index is 67.9. The number of hydrogen-bond acceptors (Lipinski definition) is 1. The Morgan fingerprint density at radius 3 is 1.57 bits per heavy atom. The summed E-state index contributed by atoms with van der Waals surface area (Å²) in [6.07, 6.45) is 0. The molecule has 0 bridgehead atoms. The van der Waals surface area contributed by atoms with Crippen molar-refractivity contribution in [2.24, 2.45) is 0 Å². The summed E-state index contributed by atoms with van der Waals surface area (Å²) < 4.78 is 19.0. The molecule has 0 aliphatic heterocycles. The fourth-order valence-corrected chi connectivity index (χ4v) is 0. The van der Waals surface area contributed by atoms with Gasteiger partial charge in [-0.15, -0.1) is 4.20 Å². The molecule has 0 unspecified atom stereocenters. The summed E-state index contributed by atoms with van der Waals surface area (Å²) >= 11 is 0. The third kappa shape index (κ3) is 112. The fourth-order valence-electron chi connectivity index (χ4n) is 0. The minimum atomic E-state index is -5.14. The monoisotopic (exact) mass is 156 g/mol. The van der Waals surface area contributed by atoms with Gasteiger partial charge < -0.3 is 2.85 Å². The molecule has 0 aromatic heterocycles. The minimum Gasteiger partial charge on any atom is -1.00 e. The van der Waals surface area contributed by atoms with E-state index >= 15 is 0 Å². The van der Waals surface area contributed by atoms with Crippen molar-refractivity contribution in [2.75, 3.05) is 0 Å². The van der Waals surface area contributed by atoms with Crippen molar-refractivity contribution in [2.45, 2.75) is 0 Å². The summed E-state index contributed by atoms with van der Waals surface area (Å²) in [5.74, 6) is 0. The van der Waals surface area contributed by atoms with Crippen LogP contribution in [0.3, 0.4) is 0 Å². The van der Waals surface area contributed by atoms with Gasteiger partial charge in [-0.05, 0) is 0 Å². The maximum Gasteiger partial charge on any atom is 2.00 e. The maximum atomic E-state index is 10.4. The van der Waals surface area contributed by atoms with Crippen LogP contribution in [-0.4, -0.2) is 50.2 Å². The van der Waals surface area contributed by atoms with Gasteiger partial charge >= 0.3 is 31.0 Å². The molecule has 0 rings (SSSR count). The van der Waals surface area contributed by atoms with Gasteiger partial charge in [-0.2, -0.15) is 0 Å². The molecule has 0 aliphatic carbocycles. The van der Waals surface area contributed by atoms with Gasteiger partial charge in [0.1, 0.15) is 0 Å². The van der Waals surface area contributed by atoms with Gasteiger partial charge in [-0.3, -0.25) is 9.79 Å². The Balaban J connectivity index is -0.0000000133. The van der Waals surface area contributed by atoms with Gasteiger partial charge in [0.25, 0.3) is 0 Å². The zero-order valence-corrected chi connectivity index (χ0v) is 5.14. The normalized spacial score (nSPS) is 8.43. The van der Waals surface area contributed by atoms with E-state index in [9.17, 15) is 4.20 Å². The predicted molar refractivity (Wildman–Crippen MR) is 31.1 cm³/mol. The smallest absolute Gasteiger partial charge is 1.00 e. The Labute approximate surface area is 69.8 Å². The summed E-state index contributed by atoms with van der Waals surface area (Å²) in [6.45, 7) is 0. The number of halogens is 1. The van der Waals surface area contributed by atoms with Crippen molar-refractivity contribution >= 4 is 48.3 Å². The molecular formula is H7AlFMgO3P. The molecule has 0 aliphatic rings. The molecule has 2 N–H and O–H groups in total. The average molecular weight is 156 g/mol. The molecule has 0 fully saturated rings. The molecule has 0 saturated heterocycles. The van der Waals surface area contributed by atoms with E-state index in [1.807, 2.05) is 0 Å². The molecule has 0 spiro atoms. The van der Waals surface area contributed by atoms with Crippen LogP contribution in [0.2, 0.25) is 0 Å². The van der Waals surface area contributed by atoms with Crippen LogP contribution in [0.25, 0.3) is 0 Å². The summed E-state index contributed by atoms with van der Waals surface area (Å²) in [5.41, 5.74) is 0. The third-order valence-electron chi connectivity index (χ3n) is 0. The summed E-state index contributed by atoms with van der Waals surface area (Å²) in [4.78, 5) is 13.9. The number of rotatable bonds is 0. The molecule has 7 heteroatoms. The van der Waals surface area contributed by atoms with Crippen LogP contribution >= 0.6 is 7.91 Å². The van der Waals surface area contributed by atoms with E-state index in [0.29, 0.717) is 0 Å². The second kappa shape index (κ2) is 5.51. The SMILES string of the molecule is O=P(O)(O)F.[AlH3].[H-].[H-].[Mg+2]. The van der Waals surface area contributed by atoms with Crippen LogP contribution < -0.4 is 0 Å². The first kappa shape index (κ1) is 15.8. The van der Waals surface area contributed by atoms with E-state index in [2.05, 4.69) is 0 Å². The van der Waals surface area contributed by atoms with Crippen LogP contribution in [0.1, 0.15) is 2.85 Å². The Kier molecular flexibility index (Phi) is 12.4. The molecule has 0 atom stereocenters. The molecule has 42 valence electrons. The standard InChI is InChI=1S/Al.FH2O3P.Mg.5H/c;1-5(2,3)4;;;;;;/h;(H2,2,3,4);;;;;;/q;;+2;;;;2*-1. The summed E-state index contributed by atoms with van der Waals surface area (Å²) in [6, 6.07) is 0. The predicted octanol–water partition coefficient (Wildman–Crippen LogP) is -1.29. The van der Waals surface area contributed by atoms with E-state index in [-0.39, 0.29) is 43.3 Å². The Hall–Kier alpha value is 1.38. The van der Waals surface area contributed by atoms with Gasteiger partial charge in [-0.1, -0.05) is 0 Å². The Morgan fingerprint density at radius 1 is 1.57 bits per heavy atom. The van der Waals surface area contributed by atoms with E-state index in [0.717, 1.165) is 0 Å². The van der Waals surface area contributed by atoms with E-state index in [1.54, 1.807) is 0 Å². The number of hydrogen-bond donors (Lipinski definition) is 2. The van der Waals surface area contributed by atoms with Crippen LogP contribution in [0.15, 0.2) is 0 Å². The zero-order chi connectivity index (χ0) is 4.50. The molecule has 7 heavy (non-hydrogen) atoms. The molecule has 0 aromatic carbocycles. The molecule has 0 radical (unpaired) electrons. The zero-order valence-electron chi connectivity index (χ0n) is 4.83. The second-order valence-electron chi connectivity index (χ2n) is 0.473. The quantitative estimate of drug-likeness (QED) is 0.339. The van der Waals surface area contributed by atoms with E-state index < -0.39 is 7.91 Å². The van der Waals surface area contributed by atoms with Crippen molar-refractivity contribution in [1.82, 2.24) is 0 Å². The molecule has 3 nitrogen and oxygen atoms in total. The maximum absolute atomic E-state index is 10.4. The van der Waals surface area contributed by atoms with Crippen LogP contribution in [-0.2, 0) is 4.57 Å². The minimum absolute atomic E-state index is 0. The molecule has 0 amide bonds. The van der Waals surface area contributed by atoms with Crippen molar-refractivity contribution in [1.29, 1.82) is 0 Å².